The van der Waals surface area contributed by atoms with Gasteiger partial charge < -0.3 is 129 Å². The lowest BCUT2D eigenvalue weighted by molar-refractivity contribution is -0.140. The summed E-state index contributed by atoms with van der Waals surface area (Å²) in [5.74, 6) is -21.9. The smallest absolute Gasteiger partial charge is 0.303 e. The van der Waals surface area contributed by atoms with Gasteiger partial charge in [-0.2, -0.15) is 11.8 Å². The van der Waals surface area contributed by atoms with E-state index in [1.54, 1.807) is 97.1 Å². The number of amides is 18. The Hall–Kier alpha value is -14.1. The molecule has 7 rings (SSSR count). The van der Waals surface area contributed by atoms with E-state index in [4.69, 9.17) is 44.9 Å². The summed E-state index contributed by atoms with van der Waals surface area (Å²) in [6, 6.07) is 12.0. The molecule has 1 aliphatic rings. The molecule has 706 valence electrons. The van der Waals surface area contributed by atoms with Crippen LogP contribution < -0.4 is 114 Å². The fraction of sp³-hybridized carbons (Fsp3) is 0.437. The van der Waals surface area contributed by atoms with Gasteiger partial charge in [-0.1, -0.05) is 103 Å². The number of hydrogen-bond acceptors (Lipinski definition) is 24. The standard InChI is InChI=1S/C87H115N21O22S/c1-46(109)73-85(128)104-65(41-53-44-95-56-18-10-9-17-55(53)56)81(124)98-57(25-28-68(90)111)75(118)105-67(45-131-36-31-60(77(120)97-58(78(121)107-73)26-29-69(91)112)99-79(122)62(96-47(2)110)38-48-13-5-4-6-14-48)83(126)101-63(39-49-20-23-54(24-21-49)130-35-34-89)80(123)102-64(40-50-19-22-51-15-7-8-16-52(51)37-50)84(127)108-87(3,32-11-12-33-88)86(129)106-59(27-30-72(115)116)76(119)103-66(43-71(93)114)82(125)100-61(74(94)117)42-70(92)113/h4-10,13-24,37,44,46,57-67,73,95,109H,11-12,25-36,38-43,45,88-89H2,1-3H3,(H2,90,111)(H2,91,112)(H2,92,113)(H2,93,114)(H2,94,117)(H,96,110)(H,97,120)(H,98,124)(H,99,122)(H,100,125)(H,101,126)(H,102,123)(H,103,119)(H,104,128)(H,105,118)(H,106,129)(H,107,121)(H,108,127)(H,115,116)/t46-,57+,58+,59+,60+,61+,62-,63+,64+,65+,66+,67+,73+,87+/m1/s1. The molecule has 44 heteroatoms. The second-order valence-corrected chi connectivity index (χ2v) is 32.9. The Morgan fingerprint density at radius 1 is 0.534 bits per heavy atom. The number of aliphatic hydroxyl groups excluding tert-OH is 1. The number of fused-ring (bicyclic) bond motifs is 2. The van der Waals surface area contributed by atoms with Crippen LogP contribution in [0, 0.1) is 0 Å². The number of aromatic amines is 1. The van der Waals surface area contributed by atoms with Crippen LogP contribution in [-0.2, 0) is 117 Å². The minimum absolute atomic E-state index is 0.0458. The number of aromatic nitrogens is 1. The van der Waals surface area contributed by atoms with Gasteiger partial charge in [-0.15, -0.1) is 0 Å². The number of nitrogens with one attached hydrogen (secondary N) is 14. The number of primary amides is 5. The SMILES string of the molecule is CC(=O)N[C@H](Cc1ccccc1)C(=O)N[C@H]1CCSC[C@@H](C(=O)N[C@@H](Cc2ccc(OCCN)cc2)C(=O)N[C@@H](Cc2ccc3ccccc3c2)C(=O)N[C@@](C)(CCCCN)C(=O)N[C@@H](CCC(=O)O)C(=O)N[C@@H](CC(N)=O)C(=O)N[C@@H](CC(N)=O)C(N)=O)NC(=O)[C@H](CCC(N)=O)NC(=O)[C@H](Cc2c[nH]c3ccccc23)NC(=O)[C@H]([C@@H](C)O)NC(=O)[C@H](CCC(N)=O)NC1=O. The van der Waals surface area contributed by atoms with E-state index in [2.05, 4.69) is 74.1 Å². The summed E-state index contributed by atoms with van der Waals surface area (Å²) >= 11 is 0.854. The maximum absolute atomic E-state index is 15.9. The fourth-order valence-corrected chi connectivity index (χ4v) is 15.2. The van der Waals surface area contributed by atoms with Gasteiger partial charge in [-0.05, 0) is 122 Å². The van der Waals surface area contributed by atoms with Gasteiger partial charge in [0.25, 0.3) is 0 Å². The topological polar surface area (TPSA) is 728 Å². The highest BCUT2D eigenvalue weighted by atomic mass is 32.2. The van der Waals surface area contributed by atoms with Crippen molar-refractivity contribution in [3.05, 3.63) is 150 Å². The molecule has 5 aromatic carbocycles. The number of para-hydroxylation sites is 1. The van der Waals surface area contributed by atoms with Gasteiger partial charge in [0, 0.05) is 81.3 Å². The zero-order valence-corrected chi connectivity index (χ0v) is 73.3. The number of nitrogens with two attached hydrogens (primary N) is 7. The second kappa shape index (κ2) is 51.2. The molecule has 1 saturated heterocycles. The normalized spacial score (nSPS) is 18.5. The van der Waals surface area contributed by atoms with Gasteiger partial charge in [0.15, 0.2) is 0 Å². The predicted octanol–water partition coefficient (Wildman–Crippen LogP) is -5.08. The van der Waals surface area contributed by atoms with Gasteiger partial charge >= 0.3 is 5.97 Å². The van der Waals surface area contributed by atoms with Crippen molar-refractivity contribution in [3.8, 4) is 5.75 Å². The molecule has 131 heavy (non-hydrogen) atoms. The summed E-state index contributed by atoms with van der Waals surface area (Å²) in [4.78, 5) is 270. The van der Waals surface area contributed by atoms with Crippen molar-refractivity contribution >= 4 is 146 Å². The van der Waals surface area contributed by atoms with E-state index < -0.39 is 273 Å². The molecule has 18 amide bonds. The van der Waals surface area contributed by atoms with Crippen molar-refractivity contribution in [2.45, 2.75) is 208 Å². The predicted molar refractivity (Wildman–Crippen MR) is 477 cm³/mol. The third-order valence-corrected chi connectivity index (χ3v) is 22.3. The summed E-state index contributed by atoms with van der Waals surface area (Å²) in [6.45, 7) is 3.75. The Morgan fingerprint density at radius 3 is 1.69 bits per heavy atom. The van der Waals surface area contributed by atoms with Gasteiger partial charge in [0.05, 0.1) is 18.9 Å². The first-order valence-corrected chi connectivity index (χ1v) is 43.4. The lowest BCUT2D eigenvalue weighted by Crippen LogP contribution is -2.64. The van der Waals surface area contributed by atoms with Crippen molar-refractivity contribution in [3.63, 3.8) is 0 Å². The first-order chi connectivity index (χ1) is 62.2. The fourth-order valence-electron chi connectivity index (χ4n) is 14.2. The molecule has 1 aliphatic heterocycles. The van der Waals surface area contributed by atoms with Gasteiger partial charge in [-0.25, -0.2) is 0 Å². The van der Waals surface area contributed by atoms with Crippen LogP contribution >= 0.6 is 11.8 Å². The summed E-state index contributed by atoms with van der Waals surface area (Å²) < 4.78 is 5.74. The number of aliphatic carboxylic acids is 1. The number of carboxylic acid groups (broad SMARTS) is 1. The molecular weight excluding hydrogens is 1720 g/mol. The molecule has 43 nitrogen and oxygen atoms in total. The second-order valence-electron chi connectivity index (χ2n) is 31.8. The van der Waals surface area contributed by atoms with Crippen LogP contribution in [0.1, 0.15) is 120 Å². The van der Waals surface area contributed by atoms with Crippen molar-refractivity contribution in [1.29, 1.82) is 0 Å². The van der Waals surface area contributed by atoms with Gasteiger partial charge in [-0.3, -0.25) is 91.1 Å². The Morgan fingerprint density at radius 2 is 1.08 bits per heavy atom. The highest BCUT2D eigenvalue weighted by Crippen LogP contribution is 2.24. The third-order valence-electron chi connectivity index (χ3n) is 21.2. The maximum Gasteiger partial charge on any atom is 0.303 e. The number of H-pyrrole nitrogens is 1. The van der Waals surface area contributed by atoms with E-state index in [1.807, 2.05) is 0 Å². The van der Waals surface area contributed by atoms with Crippen LogP contribution in [0.2, 0.25) is 0 Å². The highest BCUT2D eigenvalue weighted by Gasteiger charge is 2.43. The Kier molecular flexibility index (Phi) is 40.6. The number of carboxylic acids is 1. The number of thioether (sulfide) groups is 1. The largest absolute Gasteiger partial charge is 0.492 e. The van der Waals surface area contributed by atoms with Gasteiger partial charge in [0.1, 0.15) is 90.4 Å². The number of hydrogen-bond donors (Lipinski definition) is 23. The molecule has 0 saturated carbocycles. The minimum Gasteiger partial charge on any atom is -0.492 e. The molecule has 0 aliphatic carbocycles. The van der Waals surface area contributed by atoms with Crippen molar-refractivity contribution in [1.82, 2.24) is 74.1 Å². The van der Waals surface area contributed by atoms with E-state index in [0.29, 0.717) is 44.3 Å². The van der Waals surface area contributed by atoms with E-state index in [-0.39, 0.29) is 57.6 Å². The van der Waals surface area contributed by atoms with Crippen molar-refractivity contribution < 1.29 is 106 Å². The summed E-state index contributed by atoms with van der Waals surface area (Å²) in [6.07, 6.45) is -7.70. The first-order valence-electron chi connectivity index (χ1n) is 42.3. The minimum atomic E-state index is -2.17. The molecule has 1 fully saturated rings. The van der Waals surface area contributed by atoms with Crippen molar-refractivity contribution in [2.24, 2.45) is 40.1 Å². The first kappa shape index (κ1) is 104. The molecule has 14 atom stereocenters. The van der Waals surface area contributed by atoms with E-state index >= 15 is 33.6 Å². The molecule has 6 aromatic rings. The summed E-state index contributed by atoms with van der Waals surface area (Å²) in [7, 11) is 0. The number of aliphatic hydroxyl groups is 1. The zero-order valence-electron chi connectivity index (χ0n) is 72.5. The lowest BCUT2D eigenvalue weighted by atomic mass is 9.91. The molecular formula is C87H115N21O22S. The lowest BCUT2D eigenvalue weighted by Gasteiger charge is -2.34. The summed E-state index contributed by atoms with van der Waals surface area (Å²) in [5, 5.41) is 56.0. The Labute approximate surface area is 756 Å². The third kappa shape index (κ3) is 33.8. The van der Waals surface area contributed by atoms with E-state index in [0.717, 1.165) is 31.0 Å². The average Bonchev–Trinajstić information content (AvgIpc) is 1.72. The van der Waals surface area contributed by atoms with Crippen LogP contribution in [0.25, 0.3) is 21.7 Å². The maximum atomic E-state index is 15.9. The van der Waals surface area contributed by atoms with Crippen molar-refractivity contribution in [2.75, 3.05) is 31.2 Å². The molecule has 0 bridgehead atoms. The number of carbonyl (C=O) groups is 19. The van der Waals surface area contributed by atoms with E-state index in [1.165, 1.54) is 37.4 Å². The number of unbranched alkanes of at least 4 members (excludes halogenated alkanes) is 1. The van der Waals surface area contributed by atoms with Crippen LogP contribution in [0.3, 0.4) is 0 Å². The molecule has 30 N–H and O–H groups in total. The monoisotopic (exact) mass is 1840 g/mol. The number of benzene rings is 5. The molecule has 0 unspecified atom stereocenters. The average molecular weight is 1840 g/mol. The van der Waals surface area contributed by atoms with Crippen LogP contribution in [-0.4, -0.2) is 243 Å². The summed E-state index contributed by atoms with van der Waals surface area (Å²) in [5.41, 5.74) is 39.2. The zero-order chi connectivity index (χ0) is 96.2. The van der Waals surface area contributed by atoms with Crippen LogP contribution in [0.5, 0.6) is 5.75 Å². The molecule has 0 radical (unpaired) electrons. The number of carbonyl (C=O) groups excluding carboxylic acids is 18. The van der Waals surface area contributed by atoms with Crippen LogP contribution in [0.15, 0.2) is 128 Å². The van der Waals surface area contributed by atoms with Gasteiger partial charge in [0.2, 0.25) is 106 Å². The molecule has 0 spiro atoms. The Bertz CT molecular complexity index is 5100. The Balaban J connectivity index is 1.35. The number of ether oxygens (including phenoxy) is 1. The number of rotatable bonds is 45. The molecule has 1 aromatic heterocycles. The quantitative estimate of drug-likeness (QED) is 0.0159. The highest BCUT2D eigenvalue weighted by molar-refractivity contribution is 7.99. The molecule has 2 heterocycles. The van der Waals surface area contributed by atoms with E-state index in [9.17, 15) is 67.7 Å². The van der Waals surface area contributed by atoms with Crippen LogP contribution in [0.4, 0.5) is 0 Å².